The van der Waals surface area contributed by atoms with Gasteiger partial charge in [0.05, 0.1) is 12.8 Å². The highest BCUT2D eigenvalue weighted by Gasteiger charge is 2.40. The highest BCUT2D eigenvalue weighted by molar-refractivity contribution is 5.88. The van der Waals surface area contributed by atoms with Crippen LogP contribution >= 0.6 is 0 Å². The van der Waals surface area contributed by atoms with Crippen LogP contribution in [0.25, 0.3) is 0 Å². The summed E-state index contributed by atoms with van der Waals surface area (Å²) in [6.45, 7) is 0. The van der Waals surface area contributed by atoms with Crippen molar-refractivity contribution < 1.29 is 54.6 Å². The Morgan fingerprint density at radius 1 is 0.636 bits per heavy atom. The van der Waals surface area contributed by atoms with Crippen molar-refractivity contribution in [3.63, 3.8) is 0 Å². The van der Waals surface area contributed by atoms with E-state index in [0.717, 1.165) is 0 Å². The minimum atomic E-state index is -2.74. The van der Waals surface area contributed by atoms with Crippen LogP contribution < -0.4 is 0 Å². The van der Waals surface area contributed by atoms with Crippen molar-refractivity contribution in [2.45, 2.75) is 37.7 Å². The van der Waals surface area contributed by atoms with E-state index < -0.39 is 48.3 Å². The van der Waals surface area contributed by atoms with Crippen LogP contribution in [-0.4, -0.2) is 66.1 Å². The highest BCUT2D eigenvalue weighted by atomic mass is 16.4. The van der Waals surface area contributed by atoms with Crippen molar-refractivity contribution >= 4 is 29.8 Å². The molecule has 0 aliphatic rings. The second-order valence-corrected chi connectivity index (χ2v) is 4.12. The lowest BCUT2D eigenvalue weighted by Gasteiger charge is -2.18. The largest absolute Gasteiger partial charge is 0.481 e. The molecule has 0 unspecified atom stereocenters. The first-order chi connectivity index (χ1) is 9.90. The summed E-state index contributed by atoms with van der Waals surface area (Å²) in [5, 5.41) is 49.9. The normalized spacial score (nSPS) is 10.0. The summed E-state index contributed by atoms with van der Waals surface area (Å²) in [4.78, 5) is 50.1. The van der Waals surface area contributed by atoms with Crippen molar-refractivity contribution in [3.05, 3.63) is 0 Å². The fourth-order valence-corrected chi connectivity index (χ4v) is 1.10. The molecule has 0 aliphatic heterocycles. The molecule has 0 radical (unpaired) electrons. The molecule has 0 atom stereocenters. The summed E-state index contributed by atoms with van der Waals surface area (Å²) in [5.74, 6) is -6.91. The second-order valence-electron chi connectivity index (χ2n) is 4.12. The smallest absolute Gasteiger partial charge is 0.336 e. The average Bonchev–Trinajstić information content (AvgIpc) is 2.25. The maximum absolute atomic E-state index is 10.3. The van der Waals surface area contributed by atoms with Gasteiger partial charge in [0, 0.05) is 12.8 Å². The van der Waals surface area contributed by atoms with Crippen LogP contribution in [0.1, 0.15) is 32.1 Å². The molecular weight excluding hydrogens is 308 g/mol. The summed E-state index contributed by atoms with van der Waals surface area (Å²) in [6.07, 6.45) is -2.20. The van der Waals surface area contributed by atoms with Gasteiger partial charge in [-0.1, -0.05) is 0 Å². The lowest BCUT2D eigenvalue weighted by molar-refractivity contribution is -0.170. The molecule has 0 spiro atoms. The number of aliphatic hydroxyl groups is 1. The SMILES string of the molecule is O=C(O)CC(O)(CC(=O)O)C(=O)O.O=C(O)CCCC(=O)O. The van der Waals surface area contributed by atoms with Crippen molar-refractivity contribution in [2.75, 3.05) is 0 Å². The number of carboxylic acid groups (broad SMARTS) is 5. The third-order valence-corrected chi connectivity index (χ3v) is 2.07. The zero-order valence-corrected chi connectivity index (χ0v) is 11.3. The Hall–Kier alpha value is -2.69. The molecule has 11 heteroatoms. The number of carboxylic acids is 5. The van der Waals surface area contributed by atoms with E-state index in [-0.39, 0.29) is 19.3 Å². The molecule has 6 N–H and O–H groups in total. The van der Waals surface area contributed by atoms with E-state index in [1.54, 1.807) is 0 Å². The molecule has 0 fully saturated rings. The van der Waals surface area contributed by atoms with Gasteiger partial charge in [0.25, 0.3) is 0 Å². The van der Waals surface area contributed by atoms with Gasteiger partial charge in [0.15, 0.2) is 5.60 Å². The van der Waals surface area contributed by atoms with E-state index in [1.165, 1.54) is 0 Å². The Balaban J connectivity index is 0. The Morgan fingerprint density at radius 2 is 0.955 bits per heavy atom. The molecule has 11 nitrogen and oxygen atoms in total. The molecule has 0 amide bonds. The maximum Gasteiger partial charge on any atom is 0.336 e. The molecule has 0 heterocycles. The van der Waals surface area contributed by atoms with E-state index >= 15 is 0 Å². The Labute approximate surface area is 123 Å². The lowest BCUT2D eigenvalue weighted by Crippen LogP contribution is -2.42. The molecule has 0 saturated carbocycles. The molecule has 22 heavy (non-hydrogen) atoms. The van der Waals surface area contributed by atoms with Crippen LogP contribution in [0.5, 0.6) is 0 Å². The van der Waals surface area contributed by atoms with Gasteiger partial charge in [0.2, 0.25) is 0 Å². The number of rotatable bonds is 9. The topological polar surface area (TPSA) is 207 Å². The molecule has 0 aromatic carbocycles. The molecular formula is C11H16O11. The fourth-order valence-electron chi connectivity index (χ4n) is 1.10. The Bertz CT molecular complexity index is 409. The third-order valence-electron chi connectivity index (χ3n) is 2.07. The molecule has 126 valence electrons. The maximum atomic E-state index is 10.3. The van der Waals surface area contributed by atoms with Gasteiger partial charge >= 0.3 is 29.8 Å². The summed E-state index contributed by atoms with van der Waals surface area (Å²) in [7, 11) is 0. The number of hydrogen-bond donors (Lipinski definition) is 6. The van der Waals surface area contributed by atoms with Gasteiger partial charge in [-0.15, -0.1) is 0 Å². The zero-order chi connectivity index (χ0) is 17.9. The Morgan fingerprint density at radius 3 is 1.14 bits per heavy atom. The quantitative estimate of drug-likeness (QED) is 0.305. The van der Waals surface area contributed by atoms with Gasteiger partial charge in [-0.3, -0.25) is 19.2 Å². The molecule has 0 aliphatic carbocycles. The van der Waals surface area contributed by atoms with Crippen LogP contribution in [0.2, 0.25) is 0 Å². The van der Waals surface area contributed by atoms with Crippen molar-refractivity contribution in [2.24, 2.45) is 0 Å². The third kappa shape index (κ3) is 12.3. The van der Waals surface area contributed by atoms with Gasteiger partial charge in [-0.25, -0.2) is 4.79 Å². The summed E-state index contributed by atoms with van der Waals surface area (Å²) >= 11 is 0. The molecule has 0 aromatic rings. The zero-order valence-electron chi connectivity index (χ0n) is 11.3. The van der Waals surface area contributed by atoms with Crippen LogP contribution in [0, 0.1) is 0 Å². The summed E-state index contributed by atoms with van der Waals surface area (Å²) in [6, 6.07) is 0. The van der Waals surface area contributed by atoms with E-state index in [2.05, 4.69) is 0 Å². The van der Waals surface area contributed by atoms with E-state index in [9.17, 15) is 24.0 Å². The predicted octanol–water partition coefficient (Wildman–Crippen LogP) is -0.923. The van der Waals surface area contributed by atoms with Crippen molar-refractivity contribution in [1.29, 1.82) is 0 Å². The minimum absolute atomic E-state index is 0.0632. The fraction of sp³-hybridized carbons (Fsp3) is 0.545. The van der Waals surface area contributed by atoms with Crippen molar-refractivity contribution in [3.8, 4) is 0 Å². The van der Waals surface area contributed by atoms with Gasteiger partial charge < -0.3 is 30.6 Å². The van der Waals surface area contributed by atoms with Crippen LogP contribution in [0.4, 0.5) is 0 Å². The first-order valence-corrected chi connectivity index (χ1v) is 5.73. The number of aliphatic carboxylic acids is 5. The van der Waals surface area contributed by atoms with Crippen LogP contribution in [-0.2, 0) is 24.0 Å². The number of hydrogen-bond acceptors (Lipinski definition) is 6. The average molecular weight is 324 g/mol. The molecule has 0 bridgehead atoms. The molecule has 0 rings (SSSR count). The predicted molar refractivity (Wildman–Crippen MR) is 66.2 cm³/mol. The van der Waals surface area contributed by atoms with E-state index in [0.29, 0.717) is 0 Å². The van der Waals surface area contributed by atoms with Gasteiger partial charge in [0.1, 0.15) is 0 Å². The molecule has 0 aromatic heterocycles. The molecule has 0 saturated heterocycles. The van der Waals surface area contributed by atoms with E-state index in [4.69, 9.17) is 30.6 Å². The van der Waals surface area contributed by atoms with E-state index in [1.807, 2.05) is 0 Å². The van der Waals surface area contributed by atoms with Crippen LogP contribution in [0.15, 0.2) is 0 Å². The Kier molecular flexibility index (Phi) is 9.92. The highest BCUT2D eigenvalue weighted by Crippen LogP contribution is 2.15. The monoisotopic (exact) mass is 324 g/mol. The minimum Gasteiger partial charge on any atom is -0.481 e. The first-order valence-electron chi connectivity index (χ1n) is 5.73. The summed E-state index contributed by atoms with van der Waals surface area (Å²) < 4.78 is 0. The van der Waals surface area contributed by atoms with Gasteiger partial charge in [-0.05, 0) is 6.42 Å². The van der Waals surface area contributed by atoms with Gasteiger partial charge in [-0.2, -0.15) is 0 Å². The summed E-state index contributed by atoms with van der Waals surface area (Å²) in [5.41, 5.74) is -2.74. The van der Waals surface area contributed by atoms with Crippen molar-refractivity contribution in [1.82, 2.24) is 0 Å². The number of carbonyl (C=O) groups is 5. The lowest BCUT2D eigenvalue weighted by atomic mass is 9.96. The first kappa shape index (κ1) is 21.6. The second kappa shape index (κ2) is 10.1. The van der Waals surface area contributed by atoms with Crippen LogP contribution in [0.3, 0.4) is 0 Å². The standard InChI is InChI=1S/C6H8O7.C5H8O4/c7-3(8)1-6(13,5(11)12)2-4(9)10;6-4(7)2-1-3-5(8)9/h13H,1-2H2,(H,7,8)(H,9,10)(H,11,12);1-3H2,(H,6,7)(H,8,9).